The van der Waals surface area contributed by atoms with E-state index in [1.54, 1.807) is 24.3 Å². The lowest BCUT2D eigenvalue weighted by molar-refractivity contribution is -0.130. The van der Waals surface area contributed by atoms with Crippen molar-refractivity contribution < 1.29 is 9.59 Å². The number of nitrogens with zero attached hydrogens (tertiary/aromatic N) is 1. The molecular formula is C11H11ClN4O2. The maximum atomic E-state index is 11.8. The molecule has 2 amide bonds. The van der Waals surface area contributed by atoms with Crippen molar-refractivity contribution >= 4 is 29.8 Å². The molecule has 0 spiro atoms. The third-order valence-electron chi connectivity index (χ3n) is 2.88. The summed E-state index contributed by atoms with van der Waals surface area (Å²) in [6.07, 6.45) is 1.24. The van der Waals surface area contributed by atoms with E-state index in [1.807, 2.05) is 0 Å². The molecule has 0 aliphatic carbocycles. The van der Waals surface area contributed by atoms with Crippen molar-refractivity contribution in [1.82, 2.24) is 5.32 Å². The first-order valence-corrected chi connectivity index (χ1v) is 5.51. The minimum absolute atomic E-state index is 0.306. The van der Waals surface area contributed by atoms with Crippen LogP contribution in [0, 0.1) is 0 Å². The van der Waals surface area contributed by atoms with Gasteiger partial charge in [-0.2, -0.15) is 0 Å². The maximum absolute atomic E-state index is 11.8. The summed E-state index contributed by atoms with van der Waals surface area (Å²) in [7, 11) is 0. The van der Waals surface area contributed by atoms with Crippen LogP contribution in [0.4, 0.5) is 0 Å². The first-order chi connectivity index (χ1) is 8.50. The van der Waals surface area contributed by atoms with Crippen molar-refractivity contribution in [3.8, 4) is 0 Å². The lowest BCUT2D eigenvalue weighted by Gasteiger charge is -2.30. The van der Waals surface area contributed by atoms with Crippen molar-refractivity contribution in [3.63, 3.8) is 0 Å². The lowest BCUT2D eigenvalue weighted by Crippen LogP contribution is -2.59. The third-order valence-corrected chi connectivity index (χ3v) is 3.21. The monoisotopic (exact) mass is 266 g/mol. The Morgan fingerprint density at radius 1 is 1.33 bits per heavy atom. The molecule has 7 heteroatoms. The Bertz CT molecular complexity index is 546. The fourth-order valence-corrected chi connectivity index (χ4v) is 2.32. The predicted octanol–water partition coefficient (Wildman–Crippen LogP) is -0.494. The summed E-state index contributed by atoms with van der Waals surface area (Å²) in [5.74, 6) is -1.52. The highest BCUT2D eigenvalue weighted by Crippen LogP contribution is 2.34. The van der Waals surface area contributed by atoms with Gasteiger partial charge in [-0.05, 0) is 6.07 Å². The number of rotatable bonds is 3. The number of nitrogens with one attached hydrogen (secondary N) is 1. The molecule has 6 nitrogen and oxygen atoms in total. The second-order valence-corrected chi connectivity index (χ2v) is 4.29. The molecule has 0 fully saturated rings. The van der Waals surface area contributed by atoms with E-state index in [0.29, 0.717) is 10.6 Å². The summed E-state index contributed by atoms with van der Waals surface area (Å²) in [5.41, 5.74) is 9.52. The van der Waals surface area contributed by atoms with Crippen molar-refractivity contribution in [2.45, 2.75) is 11.6 Å². The molecule has 2 atom stereocenters. The second kappa shape index (κ2) is 4.30. The summed E-state index contributed by atoms with van der Waals surface area (Å²) in [6, 6.07) is 5.47. The van der Waals surface area contributed by atoms with Crippen LogP contribution in [0.5, 0.6) is 0 Å². The molecule has 0 saturated carbocycles. The summed E-state index contributed by atoms with van der Waals surface area (Å²) in [5, 5.41) is 3.01. The molecule has 1 aromatic carbocycles. The van der Waals surface area contributed by atoms with Crippen LogP contribution in [0.3, 0.4) is 0 Å². The first kappa shape index (κ1) is 12.4. The standard InChI is InChI=1S/C11H11ClN4O2/c12-7-4-2-1-3-6(7)11(10(14)18)8(9(13)17)15-5-16-11/h1-5,8H,(H2,13,17)(H2,14,18)(H,15,16). The van der Waals surface area contributed by atoms with Gasteiger partial charge in [0, 0.05) is 10.6 Å². The number of carbonyl (C=O) groups excluding carboxylic acids is 2. The molecule has 0 bridgehead atoms. The van der Waals surface area contributed by atoms with E-state index in [4.69, 9.17) is 23.1 Å². The van der Waals surface area contributed by atoms with Crippen LogP contribution in [0.2, 0.25) is 5.02 Å². The van der Waals surface area contributed by atoms with E-state index in [-0.39, 0.29) is 0 Å². The molecule has 1 aliphatic heterocycles. The van der Waals surface area contributed by atoms with Gasteiger partial charge >= 0.3 is 0 Å². The molecule has 94 valence electrons. The zero-order valence-electron chi connectivity index (χ0n) is 9.26. The SMILES string of the molecule is NC(=O)C1N=CNC1(C(N)=O)c1ccccc1Cl. The van der Waals surface area contributed by atoms with Gasteiger partial charge in [-0.15, -0.1) is 0 Å². The Hall–Kier alpha value is -2.08. The average Bonchev–Trinajstić information content (AvgIpc) is 2.75. The molecule has 18 heavy (non-hydrogen) atoms. The van der Waals surface area contributed by atoms with Crippen molar-refractivity contribution in [3.05, 3.63) is 34.9 Å². The van der Waals surface area contributed by atoms with Crippen LogP contribution in [-0.4, -0.2) is 24.2 Å². The van der Waals surface area contributed by atoms with Gasteiger partial charge < -0.3 is 16.8 Å². The lowest BCUT2D eigenvalue weighted by atomic mass is 9.82. The van der Waals surface area contributed by atoms with E-state index in [2.05, 4.69) is 10.3 Å². The Morgan fingerprint density at radius 2 is 2.00 bits per heavy atom. The summed E-state index contributed by atoms with van der Waals surface area (Å²) in [6.45, 7) is 0. The molecule has 1 heterocycles. The third kappa shape index (κ3) is 1.62. The number of primary amides is 2. The molecule has 2 unspecified atom stereocenters. The molecule has 0 radical (unpaired) electrons. The van der Waals surface area contributed by atoms with E-state index in [9.17, 15) is 9.59 Å². The molecule has 5 N–H and O–H groups in total. The van der Waals surface area contributed by atoms with Crippen LogP contribution in [-0.2, 0) is 15.1 Å². The molecule has 0 saturated heterocycles. The fraction of sp³-hybridized carbons (Fsp3) is 0.182. The summed E-state index contributed by atoms with van der Waals surface area (Å²) >= 11 is 6.05. The van der Waals surface area contributed by atoms with Crippen LogP contribution in [0.15, 0.2) is 29.3 Å². The molecule has 0 aromatic heterocycles. The number of benzene rings is 1. The number of carbonyl (C=O) groups is 2. The minimum Gasteiger partial charge on any atom is -0.368 e. The van der Waals surface area contributed by atoms with Gasteiger partial charge in [0.2, 0.25) is 5.91 Å². The predicted molar refractivity (Wildman–Crippen MR) is 66.9 cm³/mol. The van der Waals surface area contributed by atoms with E-state index in [0.717, 1.165) is 0 Å². The smallest absolute Gasteiger partial charge is 0.250 e. The van der Waals surface area contributed by atoms with E-state index >= 15 is 0 Å². The Balaban J connectivity index is 2.63. The maximum Gasteiger partial charge on any atom is 0.250 e. The average molecular weight is 267 g/mol. The largest absolute Gasteiger partial charge is 0.368 e. The Morgan fingerprint density at radius 3 is 2.56 bits per heavy atom. The highest BCUT2D eigenvalue weighted by atomic mass is 35.5. The topological polar surface area (TPSA) is 111 Å². The fourth-order valence-electron chi connectivity index (χ4n) is 2.04. The van der Waals surface area contributed by atoms with Crippen molar-refractivity contribution in [1.29, 1.82) is 0 Å². The number of aliphatic imine (C=N–C) groups is 1. The number of nitrogens with two attached hydrogens (primary N) is 2. The number of hydrogen-bond acceptors (Lipinski definition) is 4. The molecule has 2 rings (SSSR count). The highest BCUT2D eigenvalue weighted by Gasteiger charge is 2.52. The van der Waals surface area contributed by atoms with Gasteiger partial charge in [-0.25, -0.2) is 0 Å². The van der Waals surface area contributed by atoms with Crippen LogP contribution in [0.25, 0.3) is 0 Å². The zero-order valence-corrected chi connectivity index (χ0v) is 10.0. The summed E-state index contributed by atoms with van der Waals surface area (Å²) in [4.78, 5) is 27.1. The van der Waals surface area contributed by atoms with Gasteiger partial charge in [0.1, 0.15) is 0 Å². The molecular weight excluding hydrogens is 256 g/mol. The van der Waals surface area contributed by atoms with Gasteiger partial charge in [0.15, 0.2) is 11.6 Å². The van der Waals surface area contributed by atoms with E-state index < -0.39 is 23.4 Å². The van der Waals surface area contributed by atoms with Crippen molar-refractivity contribution in [2.75, 3.05) is 0 Å². The first-order valence-electron chi connectivity index (χ1n) is 5.13. The van der Waals surface area contributed by atoms with Gasteiger partial charge in [-0.1, -0.05) is 29.8 Å². The Kier molecular flexibility index (Phi) is 2.96. The van der Waals surface area contributed by atoms with Crippen molar-refractivity contribution in [2.24, 2.45) is 16.5 Å². The number of halogens is 1. The van der Waals surface area contributed by atoms with E-state index in [1.165, 1.54) is 6.34 Å². The Labute approximate surface area is 108 Å². The molecule has 1 aliphatic rings. The quantitative estimate of drug-likeness (QED) is 0.686. The highest BCUT2D eigenvalue weighted by molar-refractivity contribution is 6.32. The minimum atomic E-state index is -1.52. The van der Waals surface area contributed by atoms with Crippen LogP contribution in [0.1, 0.15) is 5.56 Å². The van der Waals surface area contributed by atoms with Gasteiger partial charge in [0.05, 0.1) is 6.34 Å². The molecule has 1 aromatic rings. The van der Waals surface area contributed by atoms with Gasteiger partial charge in [-0.3, -0.25) is 14.6 Å². The van der Waals surface area contributed by atoms with Gasteiger partial charge in [0.25, 0.3) is 5.91 Å². The summed E-state index contributed by atoms with van der Waals surface area (Å²) < 4.78 is 0. The number of amides is 2. The zero-order chi connectivity index (χ0) is 13.3. The van der Waals surface area contributed by atoms with Crippen LogP contribution >= 0.6 is 11.6 Å². The second-order valence-electron chi connectivity index (χ2n) is 3.88. The normalized spacial score (nSPS) is 25.7. The number of hydrogen-bond donors (Lipinski definition) is 3. The van der Waals surface area contributed by atoms with Crippen LogP contribution < -0.4 is 16.8 Å².